The molecule has 6 nitrogen and oxygen atoms in total. The van der Waals surface area contributed by atoms with Gasteiger partial charge in [-0.1, -0.05) is 19.1 Å². The molecule has 0 aliphatic carbocycles. The fourth-order valence-electron chi connectivity index (χ4n) is 3.09. The van der Waals surface area contributed by atoms with Crippen molar-refractivity contribution in [1.29, 1.82) is 0 Å². The minimum absolute atomic E-state index is 0.0206. The Morgan fingerprint density at radius 2 is 2.08 bits per heavy atom. The number of likely N-dealkylation sites (tertiary alicyclic amines) is 1. The SMILES string of the molecule is CCS(=O)(=O)c1ccccc1C(=O)N1CCC[C@H](n2cccn2)C1. The van der Waals surface area contributed by atoms with E-state index in [-0.39, 0.29) is 28.2 Å². The number of sulfone groups is 1. The Labute approximate surface area is 142 Å². The van der Waals surface area contributed by atoms with Crippen LogP contribution >= 0.6 is 0 Å². The van der Waals surface area contributed by atoms with Crippen LogP contribution in [0.1, 0.15) is 36.2 Å². The zero-order valence-corrected chi connectivity index (χ0v) is 14.4. The van der Waals surface area contributed by atoms with Gasteiger partial charge in [-0.25, -0.2) is 8.42 Å². The summed E-state index contributed by atoms with van der Waals surface area (Å²) in [6.07, 6.45) is 5.46. The van der Waals surface area contributed by atoms with Gasteiger partial charge < -0.3 is 4.90 Å². The summed E-state index contributed by atoms with van der Waals surface area (Å²) in [4.78, 5) is 14.8. The molecular weight excluding hydrogens is 326 g/mol. The van der Waals surface area contributed by atoms with Crippen LogP contribution in [0.25, 0.3) is 0 Å². The highest BCUT2D eigenvalue weighted by atomic mass is 32.2. The third-order valence-corrected chi connectivity index (χ3v) is 6.20. The van der Waals surface area contributed by atoms with E-state index in [2.05, 4.69) is 5.10 Å². The largest absolute Gasteiger partial charge is 0.336 e. The van der Waals surface area contributed by atoms with E-state index < -0.39 is 9.84 Å². The number of benzene rings is 1. The molecule has 7 heteroatoms. The molecule has 2 heterocycles. The Morgan fingerprint density at radius 1 is 1.29 bits per heavy atom. The number of piperidine rings is 1. The van der Waals surface area contributed by atoms with Gasteiger partial charge in [-0.15, -0.1) is 0 Å². The lowest BCUT2D eigenvalue weighted by atomic mass is 10.0. The van der Waals surface area contributed by atoms with E-state index in [9.17, 15) is 13.2 Å². The Balaban J connectivity index is 1.87. The third-order valence-electron chi connectivity index (χ3n) is 4.42. The second kappa shape index (κ2) is 6.76. The van der Waals surface area contributed by atoms with Gasteiger partial charge in [0.1, 0.15) is 0 Å². The summed E-state index contributed by atoms with van der Waals surface area (Å²) in [6.45, 7) is 2.77. The van der Waals surface area contributed by atoms with E-state index in [0.717, 1.165) is 12.8 Å². The number of rotatable bonds is 4. The molecule has 1 aliphatic heterocycles. The highest BCUT2D eigenvalue weighted by molar-refractivity contribution is 7.91. The van der Waals surface area contributed by atoms with Crippen LogP contribution in [0.15, 0.2) is 47.6 Å². The van der Waals surface area contributed by atoms with Gasteiger partial charge in [0.05, 0.1) is 22.3 Å². The van der Waals surface area contributed by atoms with Crippen molar-refractivity contribution in [2.75, 3.05) is 18.8 Å². The number of carbonyl (C=O) groups is 1. The second-order valence-electron chi connectivity index (χ2n) is 5.93. The standard InChI is InChI=1S/C17H21N3O3S/c1-2-24(22,23)16-9-4-3-8-15(16)17(21)19-11-5-7-14(13-19)20-12-6-10-18-20/h3-4,6,8-10,12,14H,2,5,7,11,13H2,1H3/t14-/m0/s1. The first-order valence-electron chi connectivity index (χ1n) is 8.13. The zero-order chi connectivity index (χ0) is 17.2. The van der Waals surface area contributed by atoms with Crippen LogP contribution < -0.4 is 0 Å². The maximum absolute atomic E-state index is 12.9. The van der Waals surface area contributed by atoms with Crippen molar-refractivity contribution in [2.24, 2.45) is 0 Å². The number of hydrogen-bond donors (Lipinski definition) is 0. The highest BCUT2D eigenvalue weighted by Gasteiger charge is 2.29. The number of carbonyl (C=O) groups excluding carboxylic acids is 1. The lowest BCUT2D eigenvalue weighted by Gasteiger charge is -2.33. The predicted molar refractivity (Wildman–Crippen MR) is 90.6 cm³/mol. The first kappa shape index (κ1) is 16.7. The van der Waals surface area contributed by atoms with Crippen LogP contribution in [0.3, 0.4) is 0 Å². The van der Waals surface area contributed by atoms with Crippen molar-refractivity contribution in [3.8, 4) is 0 Å². The van der Waals surface area contributed by atoms with Gasteiger partial charge in [0.2, 0.25) is 0 Å². The molecule has 3 rings (SSSR count). The summed E-state index contributed by atoms with van der Waals surface area (Å²) in [6, 6.07) is 8.47. The Morgan fingerprint density at radius 3 is 2.79 bits per heavy atom. The monoisotopic (exact) mass is 347 g/mol. The molecule has 0 saturated carbocycles. The molecule has 1 fully saturated rings. The van der Waals surface area contributed by atoms with E-state index in [1.165, 1.54) is 6.07 Å². The Kier molecular flexibility index (Phi) is 4.71. The molecule has 2 aromatic rings. The summed E-state index contributed by atoms with van der Waals surface area (Å²) in [5, 5.41) is 4.26. The average Bonchev–Trinajstić information content (AvgIpc) is 3.16. The van der Waals surface area contributed by atoms with Crippen molar-refractivity contribution in [1.82, 2.24) is 14.7 Å². The van der Waals surface area contributed by atoms with E-state index >= 15 is 0 Å². The zero-order valence-electron chi connectivity index (χ0n) is 13.6. The van der Waals surface area contributed by atoms with Gasteiger partial charge in [-0.3, -0.25) is 9.48 Å². The Bertz CT molecular complexity index is 815. The van der Waals surface area contributed by atoms with Gasteiger partial charge in [-0.2, -0.15) is 5.10 Å². The molecule has 0 radical (unpaired) electrons. The van der Waals surface area contributed by atoms with Crippen LogP contribution in [-0.4, -0.2) is 47.8 Å². The molecule has 0 unspecified atom stereocenters. The predicted octanol–water partition coefficient (Wildman–Crippen LogP) is 2.15. The molecule has 1 amide bonds. The van der Waals surface area contributed by atoms with Crippen LogP contribution in [-0.2, 0) is 9.84 Å². The summed E-state index contributed by atoms with van der Waals surface area (Å²) in [5.41, 5.74) is 0.264. The summed E-state index contributed by atoms with van der Waals surface area (Å²) >= 11 is 0. The van der Waals surface area contributed by atoms with Crippen LogP contribution in [0.5, 0.6) is 0 Å². The first-order valence-corrected chi connectivity index (χ1v) is 9.78. The number of nitrogens with zero attached hydrogens (tertiary/aromatic N) is 3. The van der Waals surface area contributed by atoms with Gasteiger partial charge >= 0.3 is 0 Å². The number of aromatic nitrogens is 2. The van der Waals surface area contributed by atoms with Crippen LogP contribution in [0, 0.1) is 0 Å². The molecule has 1 aliphatic rings. The van der Waals surface area contributed by atoms with Crippen LogP contribution in [0.2, 0.25) is 0 Å². The molecule has 0 bridgehead atoms. The average molecular weight is 347 g/mol. The molecule has 24 heavy (non-hydrogen) atoms. The molecule has 1 atom stereocenters. The van der Waals surface area contributed by atoms with Gasteiger partial charge in [-0.05, 0) is 31.0 Å². The van der Waals surface area contributed by atoms with E-state index in [4.69, 9.17) is 0 Å². The summed E-state index contributed by atoms with van der Waals surface area (Å²) < 4.78 is 26.4. The fourth-order valence-corrected chi connectivity index (χ4v) is 4.18. The van der Waals surface area contributed by atoms with Gasteiger partial charge in [0, 0.05) is 25.5 Å². The van der Waals surface area contributed by atoms with Gasteiger partial charge in [0.25, 0.3) is 5.91 Å². The molecule has 1 aromatic carbocycles. The fraction of sp³-hybridized carbons (Fsp3) is 0.412. The maximum atomic E-state index is 12.9. The first-order chi connectivity index (χ1) is 11.5. The second-order valence-corrected chi connectivity index (χ2v) is 8.18. The van der Waals surface area contributed by atoms with Crippen molar-refractivity contribution in [3.05, 3.63) is 48.3 Å². The van der Waals surface area contributed by atoms with Crippen molar-refractivity contribution >= 4 is 15.7 Å². The smallest absolute Gasteiger partial charge is 0.255 e. The molecule has 0 N–H and O–H groups in total. The number of hydrogen-bond acceptors (Lipinski definition) is 4. The highest BCUT2D eigenvalue weighted by Crippen LogP contribution is 2.24. The van der Waals surface area contributed by atoms with Gasteiger partial charge in [0.15, 0.2) is 9.84 Å². The van der Waals surface area contributed by atoms with E-state index in [1.807, 2.05) is 16.9 Å². The summed E-state index contributed by atoms with van der Waals surface area (Å²) in [7, 11) is -3.43. The lowest BCUT2D eigenvalue weighted by Crippen LogP contribution is -2.41. The summed E-state index contributed by atoms with van der Waals surface area (Å²) in [5.74, 6) is -0.243. The van der Waals surface area contributed by atoms with E-state index in [0.29, 0.717) is 13.1 Å². The molecule has 128 valence electrons. The quantitative estimate of drug-likeness (QED) is 0.849. The molecule has 1 saturated heterocycles. The molecule has 1 aromatic heterocycles. The number of amides is 1. The minimum Gasteiger partial charge on any atom is -0.336 e. The lowest BCUT2D eigenvalue weighted by molar-refractivity contribution is 0.0669. The topological polar surface area (TPSA) is 72.3 Å². The van der Waals surface area contributed by atoms with Crippen molar-refractivity contribution < 1.29 is 13.2 Å². The normalized spacial score (nSPS) is 18.5. The Hall–Kier alpha value is -2.15. The van der Waals surface area contributed by atoms with Crippen molar-refractivity contribution in [3.63, 3.8) is 0 Å². The molecular formula is C17H21N3O3S. The van der Waals surface area contributed by atoms with Crippen molar-refractivity contribution in [2.45, 2.75) is 30.7 Å². The van der Waals surface area contributed by atoms with E-state index in [1.54, 1.807) is 36.2 Å². The maximum Gasteiger partial charge on any atom is 0.255 e. The van der Waals surface area contributed by atoms with Crippen LogP contribution in [0.4, 0.5) is 0 Å². The molecule has 0 spiro atoms. The minimum atomic E-state index is -3.43. The third kappa shape index (κ3) is 3.21.